The van der Waals surface area contributed by atoms with Crippen molar-refractivity contribution in [3.8, 4) is 0 Å². The molecule has 0 fully saturated rings. The lowest BCUT2D eigenvalue weighted by Crippen LogP contribution is -2.06. The maximum absolute atomic E-state index is 4.04. The second kappa shape index (κ2) is 5.12. The number of nitrogens with one attached hydrogen (secondary N) is 1. The number of anilines is 1. The molecule has 2 aromatic heterocycles. The average Bonchev–Trinajstić information content (AvgIpc) is 2.85. The van der Waals surface area contributed by atoms with Crippen LogP contribution in [-0.4, -0.2) is 14.8 Å². The van der Waals surface area contributed by atoms with Crippen molar-refractivity contribution < 1.29 is 0 Å². The third-order valence-electron chi connectivity index (χ3n) is 2.33. The van der Waals surface area contributed by atoms with Gasteiger partial charge in [0, 0.05) is 18.4 Å². The highest BCUT2D eigenvalue weighted by Gasteiger charge is 2.02. The molecule has 4 nitrogen and oxygen atoms in total. The van der Waals surface area contributed by atoms with Crippen molar-refractivity contribution in [3.63, 3.8) is 0 Å². The Bertz CT molecular complexity index is 446. The molecule has 2 heterocycles. The molecular formula is C11H16N4S. The number of rotatable bonds is 5. The Kier molecular flexibility index (Phi) is 3.56. The summed E-state index contributed by atoms with van der Waals surface area (Å²) in [4.78, 5) is 0. The van der Waals surface area contributed by atoms with Crippen molar-refractivity contribution in [3.05, 3.63) is 29.0 Å². The van der Waals surface area contributed by atoms with Gasteiger partial charge in [0.25, 0.3) is 0 Å². The largest absolute Gasteiger partial charge is 0.355 e. The van der Waals surface area contributed by atoms with Gasteiger partial charge in [-0.1, -0.05) is 18.3 Å². The van der Waals surface area contributed by atoms with Gasteiger partial charge in [0.2, 0.25) is 5.13 Å². The van der Waals surface area contributed by atoms with Crippen LogP contribution >= 0.6 is 11.3 Å². The SMILES string of the molecule is CCCn1cccc1CNc1nnc(C)s1. The van der Waals surface area contributed by atoms with Gasteiger partial charge in [0.05, 0.1) is 6.54 Å². The van der Waals surface area contributed by atoms with Gasteiger partial charge in [0.1, 0.15) is 5.01 Å². The lowest BCUT2D eigenvalue weighted by molar-refractivity contribution is 0.654. The van der Waals surface area contributed by atoms with Crippen molar-refractivity contribution in [2.24, 2.45) is 0 Å². The Labute approximate surface area is 99.3 Å². The van der Waals surface area contributed by atoms with E-state index in [9.17, 15) is 0 Å². The van der Waals surface area contributed by atoms with Crippen molar-refractivity contribution in [1.82, 2.24) is 14.8 Å². The van der Waals surface area contributed by atoms with Gasteiger partial charge in [-0.3, -0.25) is 0 Å². The first-order valence-electron chi connectivity index (χ1n) is 5.47. The molecule has 0 aromatic carbocycles. The van der Waals surface area contributed by atoms with E-state index in [4.69, 9.17) is 0 Å². The van der Waals surface area contributed by atoms with Gasteiger partial charge in [-0.25, -0.2) is 0 Å². The maximum Gasteiger partial charge on any atom is 0.205 e. The number of nitrogens with zero attached hydrogens (tertiary/aromatic N) is 3. The molecule has 0 unspecified atom stereocenters. The molecule has 0 spiro atoms. The van der Waals surface area contributed by atoms with Crippen LogP contribution in [0, 0.1) is 6.92 Å². The zero-order valence-electron chi connectivity index (χ0n) is 9.60. The minimum absolute atomic E-state index is 0.807. The number of aryl methyl sites for hydroxylation is 2. The van der Waals surface area contributed by atoms with E-state index >= 15 is 0 Å². The van der Waals surface area contributed by atoms with E-state index in [-0.39, 0.29) is 0 Å². The van der Waals surface area contributed by atoms with E-state index in [1.165, 1.54) is 5.69 Å². The summed E-state index contributed by atoms with van der Waals surface area (Å²) < 4.78 is 2.26. The molecule has 86 valence electrons. The first-order chi connectivity index (χ1) is 7.79. The van der Waals surface area contributed by atoms with Crippen LogP contribution in [0.1, 0.15) is 24.0 Å². The highest BCUT2D eigenvalue weighted by molar-refractivity contribution is 7.15. The molecule has 0 bridgehead atoms. The molecule has 2 rings (SSSR count). The first-order valence-corrected chi connectivity index (χ1v) is 6.29. The van der Waals surface area contributed by atoms with Gasteiger partial charge in [0.15, 0.2) is 0 Å². The minimum atomic E-state index is 0.807. The van der Waals surface area contributed by atoms with E-state index in [2.05, 4.69) is 45.3 Å². The molecule has 0 saturated heterocycles. The smallest absolute Gasteiger partial charge is 0.205 e. The maximum atomic E-state index is 4.04. The fraction of sp³-hybridized carbons (Fsp3) is 0.455. The molecule has 5 heteroatoms. The van der Waals surface area contributed by atoms with Crippen molar-refractivity contribution in [2.75, 3.05) is 5.32 Å². The standard InChI is InChI=1S/C11H16N4S/c1-3-6-15-7-4-5-10(15)8-12-11-14-13-9(2)16-11/h4-5,7H,3,6,8H2,1-2H3,(H,12,14). The minimum Gasteiger partial charge on any atom is -0.355 e. The molecule has 0 atom stereocenters. The van der Waals surface area contributed by atoms with Crippen LogP contribution in [0.3, 0.4) is 0 Å². The van der Waals surface area contributed by atoms with Crippen LogP contribution in [0.2, 0.25) is 0 Å². The third kappa shape index (κ3) is 2.61. The highest BCUT2D eigenvalue weighted by Crippen LogP contribution is 2.15. The van der Waals surface area contributed by atoms with Crippen LogP contribution in [0.4, 0.5) is 5.13 Å². The highest BCUT2D eigenvalue weighted by atomic mass is 32.1. The van der Waals surface area contributed by atoms with Gasteiger partial charge in [-0.05, 0) is 25.5 Å². The fourth-order valence-electron chi connectivity index (χ4n) is 1.60. The summed E-state index contributed by atoms with van der Waals surface area (Å²) in [5, 5.41) is 13.2. The van der Waals surface area contributed by atoms with Gasteiger partial charge in [-0.15, -0.1) is 10.2 Å². The van der Waals surface area contributed by atoms with Gasteiger partial charge in [-0.2, -0.15) is 0 Å². The number of hydrogen-bond donors (Lipinski definition) is 1. The van der Waals surface area contributed by atoms with E-state index in [0.29, 0.717) is 0 Å². The molecule has 0 saturated carbocycles. The van der Waals surface area contributed by atoms with Crippen molar-refractivity contribution in [2.45, 2.75) is 33.4 Å². The molecule has 0 radical (unpaired) electrons. The monoisotopic (exact) mass is 236 g/mol. The molecule has 0 aliphatic heterocycles. The Hall–Kier alpha value is -1.36. The molecule has 0 aliphatic carbocycles. The van der Waals surface area contributed by atoms with Crippen LogP contribution in [0.5, 0.6) is 0 Å². The van der Waals surface area contributed by atoms with E-state index in [1.54, 1.807) is 11.3 Å². The Morgan fingerprint density at radius 3 is 3.00 bits per heavy atom. The van der Waals surface area contributed by atoms with E-state index in [0.717, 1.165) is 29.6 Å². The predicted octanol–water partition coefficient (Wildman–Crippen LogP) is 2.67. The summed E-state index contributed by atoms with van der Waals surface area (Å²) in [6.07, 6.45) is 3.27. The summed E-state index contributed by atoms with van der Waals surface area (Å²) in [5.74, 6) is 0. The lowest BCUT2D eigenvalue weighted by Gasteiger charge is -2.07. The zero-order chi connectivity index (χ0) is 11.4. The molecule has 0 amide bonds. The summed E-state index contributed by atoms with van der Waals surface area (Å²) >= 11 is 1.59. The van der Waals surface area contributed by atoms with Crippen LogP contribution in [0.25, 0.3) is 0 Å². The molecular weight excluding hydrogens is 220 g/mol. The summed E-state index contributed by atoms with van der Waals surface area (Å²) in [7, 11) is 0. The molecule has 16 heavy (non-hydrogen) atoms. The molecule has 0 aliphatic rings. The van der Waals surface area contributed by atoms with E-state index in [1.807, 2.05) is 6.92 Å². The summed E-state index contributed by atoms with van der Waals surface area (Å²) in [6, 6.07) is 4.22. The summed E-state index contributed by atoms with van der Waals surface area (Å²) in [6.45, 7) is 6.02. The average molecular weight is 236 g/mol. The third-order valence-corrected chi connectivity index (χ3v) is 3.13. The quantitative estimate of drug-likeness (QED) is 0.868. The van der Waals surface area contributed by atoms with Gasteiger partial charge < -0.3 is 9.88 Å². The first kappa shape index (κ1) is 11.1. The second-order valence-electron chi connectivity index (χ2n) is 3.67. The molecule has 2 aromatic rings. The molecule has 1 N–H and O–H groups in total. The number of aromatic nitrogens is 3. The van der Waals surface area contributed by atoms with E-state index < -0.39 is 0 Å². The lowest BCUT2D eigenvalue weighted by atomic mass is 10.4. The Balaban J connectivity index is 1.96. The fourth-order valence-corrected chi connectivity index (χ4v) is 2.19. The number of hydrogen-bond acceptors (Lipinski definition) is 4. The van der Waals surface area contributed by atoms with Crippen molar-refractivity contribution in [1.29, 1.82) is 0 Å². The topological polar surface area (TPSA) is 42.7 Å². The Morgan fingerprint density at radius 1 is 1.44 bits per heavy atom. The zero-order valence-corrected chi connectivity index (χ0v) is 10.4. The van der Waals surface area contributed by atoms with Crippen LogP contribution < -0.4 is 5.32 Å². The normalized spacial score (nSPS) is 10.6. The Morgan fingerprint density at radius 2 is 2.31 bits per heavy atom. The summed E-state index contributed by atoms with van der Waals surface area (Å²) in [5.41, 5.74) is 1.29. The van der Waals surface area contributed by atoms with Gasteiger partial charge >= 0.3 is 0 Å². The predicted molar refractivity (Wildman–Crippen MR) is 66.7 cm³/mol. The van der Waals surface area contributed by atoms with Crippen LogP contribution in [-0.2, 0) is 13.1 Å². The van der Waals surface area contributed by atoms with Crippen molar-refractivity contribution >= 4 is 16.5 Å². The second-order valence-corrected chi connectivity index (χ2v) is 4.85. The van der Waals surface area contributed by atoms with Crippen LogP contribution in [0.15, 0.2) is 18.3 Å².